The second-order valence-corrected chi connectivity index (χ2v) is 3.04. The average molecular weight is 232 g/mol. The van der Waals surface area contributed by atoms with Crippen LogP contribution in [0.1, 0.15) is 6.92 Å². The van der Waals surface area contributed by atoms with Gasteiger partial charge in [0.1, 0.15) is 12.0 Å². The Labute approximate surface area is 91.0 Å². The number of amides is 1. The molecule has 0 atom stereocenters. The van der Waals surface area contributed by atoms with Gasteiger partial charge >= 0.3 is 0 Å². The molecule has 0 fully saturated rings. The van der Waals surface area contributed by atoms with Crippen LogP contribution in [-0.2, 0) is 4.79 Å². The van der Waals surface area contributed by atoms with Crippen LogP contribution in [0.15, 0.2) is 18.5 Å². The molecule has 0 spiro atoms. The maximum Gasteiger partial charge on any atom is 0.248 e. The van der Waals surface area contributed by atoms with Gasteiger partial charge in [-0.2, -0.15) is 0 Å². The third-order valence-corrected chi connectivity index (χ3v) is 1.89. The van der Waals surface area contributed by atoms with E-state index in [1.54, 1.807) is 13.0 Å². The summed E-state index contributed by atoms with van der Waals surface area (Å²) in [6.45, 7) is 1.73. The first-order valence-electron chi connectivity index (χ1n) is 3.75. The van der Waals surface area contributed by atoms with Crippen LogP contribution in [0.3, 0.4) is 0 Å². The molecule has 0 aliphatic carbocycles. The molecule has 1 rings (SSSR count). The highest BCUT2D eigenvalue weighted by atomic mass is 35.5. The van der Waals surface area contributed by atoms with Crippen molar-refractivity contribution in [2.75, 3.05) is 5.32 Å². The molecule has 0 bridgehead atoms. The number of hydrogen-bond donors (Lipinski definition) is 1. The summed E-state index contributed by atoms with van der Waals surface area (Å²) < 4.78 is 0. The number of rotatable bonds is 2. The summed E-state index contributed by atoms with van der Waals surface area (Å²) in [6.07, 6.45) is 4.16. The van der Waals surface area contributed by atoms with Crippen LogP contribution in [-0.4, -0.2) is 15.9 Å². The molecule has 0 radical (unpaired) electrons. The fourth-order valence-corrected chi connectivity index (χ4v) is 1.17. The van der Waals surface area contributed by atoms with Crippen molar-refractivity contribution in [2.24, 2.45) is 0 Å². The first-order chi connectivity index (χ1) is 6.65. The number of carbonyl (C=O) groups is 1. The van der Waals surface area contributed by atoms with E-state index in [2.05, 4.69) is 15.3 Å². The molecule has 1 aromatic rings. The molecule has 1 amide bonds. The quantitative estimate of drug-likeness (QED) is 0.628. The van der Waals surface area contributed by atoms with Crippen molar-refractivity contribution in [2.45, 2.75) is 6.92 Å². The van der Waals surface area contributed by atoms with Crippen LogP contribution < -0.4 is 5.32 Å². The highest BCUT2D eigenvalue weighted by Crippen LogP contribution is 2.25. The standard InChI is InChI=1S/C8H7Cl2N3O/c1-2-3-5(14)13-6-7(9)11-4-12-8(6)10/h2-4H,1H3,(H,13,14)/b3-2+. The Kier molecular flexibility index (Phi) is 3.85. The second kappa shape index (κ2) is 4.93. The summed E-state index contributed by atoms with van der Waals surface area (Å²) >= 11 is 11.4. The fraction of sp³-hybridized carbons (Fsp3) is 0.125. The molecule has 0 aliphatic rings. The zero-order valence-electron chi connectivity index (χ0n) is 7.29. The third-order valence-electron chi connectivity index (χ3n) is 1.32. The molecule has 1 aromatic heterocycles. The van der Waals surface area contributed by atoms with Crippen LogP contribution >= 0.6 is 23.2 Å². The average Bonchev–Trinajstić information content (AvgIpc) is 2.12. The monoisotopic (exact) mass is 231 g/mol. The number of allylic oxidation sites excluding steroid dienone is 1. The number of carbonyl (C=O) groups excluding carboxylic acids is 1. The molecule has 0 aromatic carbocycles. The topological polar surface area (TPSA) is 54.9 Å². The van der Waals surface area contributed by atoms with Gasteiger partial charge in [-0.15, -0.1) is 0 Å². The summed E-state index contributed by atoms with van der Waals surface area (Å²) in [7, 11) is 0. The Balaban J connectivity index is 2.91. The van der Waals surface area contributed by atoms with Gasteiger partial charge < -0.3 is 5.32 Å². The van der Waals surface area contributed by atoms with Gasteiger partial charge in [0.2, 0.25) is 5.91 Å². The molecule has 0 aliphatic heterocycles. The van der Waals surface area contributed by atoms with E-state index in [-0.39, 0.29) is 21.9 Å². The summed E-state index contributed by atoms with van der Waals surface area (Å²) in [6, 6.07) is 0. The predicted octanol–water partition coefficient (Wildman–Crippen LogP) is 2.30. The van der Waals surface area contributed by atoms with Gasteiger partial charge in [0.25, 0.3) is 0 Å². The van der Waals surface area contributed by atoms with Crippen molar-refractivity contribution in [3.63, 3.8) is 0 Å². The fourth-order valence-electron chi connectivity index (χ4n) is 0.764. The minimum Gasteiger partial charge on any atom is -0.317 e. The lowest BCUT2D eigenvalue weighted by Gasteiger charge is -2.04. The molecule has 74 valence electrons. The lowest BCUT2D eigenvalue weighted by Crippen LogP contribution is -2.09. The Hall–Kier alpha value is -1.13. The third kappa shape index (κ3) is 2.68. The highest BCUT2D eigenvalue weighted by Gasteiger charge is 2.09. The molecule has 0 unspecified atom stereocenters. The van der Waals surface area contributed by atoms with Crippen molar-refractivity contribution >= 4 is 34.8 Å². The number of aromatic nitrogens is 2. The molecule has 1 N–H and O–H groups in total. The zero-order valence-corrected chi connectivity index (χ0v) is 8.80. The van der Waals surface area contributed by atoms with Crippen LogP contribution in [0.2, 0.25) is 10.3 Å². The summed E-state index contributed by atoms with van der Waals surface area (Å²) in [5.74, 6) is -0.328. The largest absolute Gasteiger partial charge is 0.317 e. The summed E-state index contributed by atoms with van der Waals surface area (Å²) in [5, 5.41) is 2.69. The molecular weight excluding hydrogens is 225 g/mol. The molecular formula is C8H7Cl2N3O. The smallest absolute Gasteiger partial charge is 0.248 e. The molecule has 1 heterocycles. The van der Waals surface area contributed by atoms with E-state index < -0.39 is 0 Å². The number of anilines is 1. The number of hydrogen-bond acceptors (Lipinski definition) is 3. The first kappa shape index (κ1) is 10.9. The van der Waals surface area contributed by atoms with Gasteiger partial charge in [0.15, 0.2) is 10.3 Å². The van der Waals surface area contributed by atoms with E-state index in [9.17, 15) is 4.79 Å². The molecule has 0 saturated heterocycles. The molecule has 4 nitrogen and oxygen atoms in total. The Morgan fingerprint density at radius 1 is 1.43 bits per heavy atom. The van der Waals surface area contributed by atoms with E-state index in [0.717, 1.165) is 0 Å². The summed E-state index contributed by atoms with van der Waals surface area (Å²) in [4.78, 5) is 18.5. The predicted molar refractivity (Wildman–Crippen MR) is 55.5 cm³/mol. The normalized spacial score (nSPS) is 10.5. The Morgan fingerprint density at radius 3 is 2.50 bits per heavy atom. The van der Waals surface area contributed by atoms with Crippen LogP contribution in [0.5, 0.6) is 0 Å². The maximum absolute atomic E-state index is 11.1. The van der Waals surface area contributed by atoms with E-state index >= 15 is 0 Å². The van der Waals surface area contributed by atoms with Gasteiger partial charge in [-0.3, -0.25) is 4.79 Å². The van der Waals surface area contributed by atoms with E-state index in [0.29, 0.717) is 0 Å². The minimum atomic E-state index is -0.328. The first-order valence-corrected chi connectivity index (χ1v) is 4.50. The second-order valence-electron chi connectivity index (χ2n) is 2.32. The Morgan fingerprint density at radius 2 is 2.00 bits per heavy atom. The Bertz CT molecular complexity index is 359. The van der Waals surface area contributed by atoms with Crippen molar-refractivity contribution < 1.29 is 4.79 Å². The molecule has 14 heavy (non-hydrogen) atoms. The van der Waals surface area contributed by atoms with Crippen molar-refractivity contribution in [3.8, 4) is 0 Å². The maximum atomic E-state index is 11.1. The van der Waals surface area contributed by atoms with E-state index in [1.807, 2.05) is 0 Å². The van der Waals surface area contributed by atoms with Crippen molar-refractivity contribution in [3.05, 3.63) is 28.8 Å². The molecule has 0 saturated carbocycles. The van der Waals surface area contributed by atoms with Crippen LogP contribution in [0, 0.1) is 0 Å². The van der Waals surface area contributed by atoms with Gasteiger partial charge in [-0.05, 0) is 13.0 Å². The molecule has 6 heteroatoms. The SMILES string of the molecule is C/C=C/C(=O)Nc1c(Cl)ncnc1Cl. The lowest BCUT2D eigenvalue weighted by molar-refractivity contribution is -0.111. The van der Waals surface area contributed by atoms with Gasteiger partial charge in [-0.1, -0.05) is 29.3 Å². The van der Waals surface area contributed by atoms with Gasteiger partial charge in [0.05, 0.1) is 0 Å². The van der Waals surface area contributed by atoms with E-state index in [1.165, 1.54) is 12.4 Å². The van der Waals surface area contributed by atoms with Gasteiger partial charge in [0, 0.05) is 0 Å². The van der Waals surface area contributed by atoms with Crippen molar-refractivity contribution in [1.82, 2.24) is 9.97 Å². The summed E-state index contributed by atoms with van der Waals surface area (Å²) in [5.41, 5.74) is 0.221. The van der Waals surface area contributed by atoms with Crippen LogP contribution in [0.25, 0.3) is 0 Å². The van der Waals surface area contributed by atoms with Crippen LogP contribution in [0.4, 0.5) is 5.69 Å². The lowest BCUT2D eigenvalue weighted by atomic mass is 10.4. The number of nitrogens with one attached hydrogen (secondary N) is 1. The minimum absolute atomic E-state index is 0.114. The van der Waals surface area contributed by atoms with Crippen molar-refractivity contribution in [1.29, 1.82) is 0 Å². The zero-order chi connectivity index (χ0) is 10.6. The highest BCUT2D eigenvalue weighted by molar-refractivity contribution is 6.38. The van der Waals surface area contributed by atoms with Gasteiger partial charge in [-0.25, -0.2) is 9.97 Å². The number of nitrogens with zero attached hydrogens (tertiary/aromatic N) is 2. The number of halogens is 2. The van der Waals surface area contributed by atoms with E-state index in [4.69, 9.17) is 23.2 Å².